The fourth-order valence-corrected chi connectivity index (χ4v) is 3.12. The number of amides is 1. The molecule has 1 aromatic carbocycles. The van der Waals surface area contributed by atoms with E-state index < -0.39 is 5.97 Å². The lowest BCUT2D eigenvalue weighted by Crippen LogP contribution is -2.41. The Labute approximate surface area is 132 Å². The van der Waals surface area contributed by atoms with Gasteiger partial charge in [-0.2, -0.15) is 0 Å². The summed E-state index contributed by atoms with van der Waals surface area (Å²) in [5.74, 6) is -1.15. The number of hydrogen-bond donors (Lipinski definition) is 1. The third-order valence-corrected chi connectivity index (χ3v) is 4.73. The highest BCUT2D eigenvalue weighted by Crippen LogP contribution is 2.33. The lowest BCUT2D eigenvalue weighted by atomic mass is 10.0. The number of rotatable bonds is 6. The monoisotopic (exact) mass is 303 g/mol. The molecule has 4 heteroatoms. The number of aliphatic carboxylic acids is 1. The van der Waals surface area contributed by atoms with Crippen LogP contribution >= 0.6 is 0 Å². The Morgan fingerprint density at radius 1 is 1.23 bits per heavy atom. The zero-order valence-electron chi connectivity index (χ0n) is 13.4. The topological polar surface area (TPSA) is 57.6 Å². The molecule has 22 heavy (non-hydrogen) atoms. The van der Waals surface area contributed by atoms with Crippen LogP contribution in [0.15, 0.2) is 30.3 Å². The molecule has 0 aromatic heterocycles. The number of carboxylic acid groups (broad SMARTS) is 1. The van der Waals surface area contributed by atoms with Crippen LogP contribution in [-0.2, 0) is 16.1 Å². The SMILES string of the molecule is CCC(C)N(Cc1ccccc1)C(=O)[C@@H]1CC[C@H](C(=O)O)C1. The van der Waals surface area contributed by atoms with Crippen LogP contribution in [0.1, 0.15) is 45.1 Å². The standard InChI is InChI=1S/C18H25NO3/c1-3-13(2)19(12-14-7-5-4-6-8-14)17(20)15-9-10-16(11-15)18(21)22/h4-8,13,15-16H,3,9-12H2,1-2H3,(H,21,22)/t13?,15-,16+/m1/s1. The summed E-state index contributed by atoms with van der Waals surface area (Å²) in [7, 11) is 0. The highest BCUT2D eigenvalue weighted by atomic mass is 16.4. The van der Waals surface area contributed by atoms with E-state index >= 15 is 0 Å². The molecule has 1 aliphatic rings. The molecule has 1 saturated carbocycles. The fraction of sp³-hybridized carbons (Fsp3) is 0.556. The van der Waals surface area contributed by atoms with Crippen molar-refractivity contribution in [2.75, 3.05) is 0 Å². The lowest BCUT2D eigenvalue weighted by molar-refractivity contribution is -0.142. The summed E-state index contributed by atoms with van der Waals surface area (Å²) < 4.78 is 0. The average Bonchev–Trinajstić information content (AvgIpc) is 3.02. The highest BCUT2D eigenvalue weighted by molar-refractivity contribution is 5.81. The smallest absolute Gasteiger partial charge is 0.306 e. The van der Waals surface area contributed by atoms with Gasteiger partial charge in [0.05, 0.1) is 5.92 Å². The molecule has 0 bridgehead atoms. The Bertz CT molecular complexity index is 514. The van der Waals surface area contributed by atoms with E-state index in [4.69, 9.17) is 5.11 Å². The van der Waals surface area contributed by atoms with Gasteiger partial charge in [-0.3, -0.25) is 9.59 Å². The first kappa shape index (κ1) is 16.5. The molecule has 1 aromatic rings. The normalized spacial score (nSPS) is 22.3. The molecule has 1 fully saturated rings. The lowest BCUT2D eigenvalue weighted by Gasteiger charge is -2.31. The van der Waals surface area contributed by atoms with Crippen molar-refractivity contribution in [2.45, 2.75) is 52.1 Å². The van der Waals surface area contributed by atoms with Gasteiger partial charge in [0, 0.05) is 18.5 Å². The Morgan fingerprint density at radius 2 is 1.86 bits per heavy atom. The van der Waals surface area contributed by atoms with Crippen molar-refractivity contribution in [2.24, 2.45) is 11.8 Å². The molecule has 0 spiro atoms. The van der Waals surface area contributed by atoms with Gasteiger partial charge in [-0.1, -0.05) is 37.3 Å². The second kappa shape index (κ2) is 7.43. The number of carbonyl (C=O) groups excluding carboxylic acids is 1. The predicted octanol–water partition coefficient (Wildman–Crippen LogP) is 3.31. The zero-order chi connectivity index (χ0) is 16.1. The average molecular weight is 303 g/mol. The molecule has 3 atom stereocenters. The minimum Gasteiger partial charge on any atom is -0.481 e. The number of carbonyl (C=O) groups is 2. The Balaban J connectivity index is 2.09. The molecule has 0 radical (unpaired) electrons. The van der Waals surface area contributed by atoms with E-state index in [1.165, 1.54) is 0 Å². The van der Waals surface area contributed by atoms with Gasteiger partial charge >= 0.3 is 5.97 Å². The van der Waals surface area contributed by atoms with Crippen molar-refractivity contribution < 1.29 is 14.7 Å². The summed E-state index contributed by atoms with van der Waals surface area (Å²) in [6.07, 6.45) is 2.69. The van der Waals surface area contributed by atoms with Crippen LogP contribution in [-0.4, -0.2) is 27.9 Å². The molecule has 120 valence electrons. The molecule has 1 amide bonds. The van der Waals surface area contributed by atoms with Crippen LogP contribution in [0.4, 0.5) is 0 Å². The van der Waals surface area contributed by atoms with Gasteiger partial charge in [0.1, 0.15) is 0 Å². The molecular formula is C18H25NO3. The van der Waals surface area contributed by atoms with Gasteiger partial charge in [-0.05, 0) is 38.2 Å². The second-order valence-electron chi connectivity index (χ2n) is 6.25. The Hall–Kier alpha value is -1.84. The van der Waals surface area contributed by atoms with Crippen LogP contribution in [0, 0.1) is 11.8 Å². The summed E-state index contributed by atoms with van der Waals surface area (Å²) in [5, 5.41) is 9.12. The van der Waals surface area contributed by atoms with Crippen molar-refractivity contribution in [1.82, 2.24) is 4.90 Å². The van der Waals surface area contributed by atoms with Crippen molar-refractivity contribution >= 4 is 11.9 Å². The van der Waals surface area contributed by atoms with Crippen LogP contribution in [0.3, 0.4) is 0 Å². The highest BCUT2D eigenvalue weighted by Gasteiger charge is 2.36. The maximum absolute atomic E-state index is 12.9. The van der Waals surface area contributed by atoms with E-state index in [0.717, 1.165) is 12.0 Å². The van der Waals surface area contributed by atoms with E-state index in [1.807, 2.05) is 35.2 Å². The van der Waals surface area contributed by atoms with Gasteiger partial charge in [0.25, 0.3) is 0 Å². The van der Waals surface area contributed by atoms with Gasteiger partial charge in [0.2, 0.25) is 5.91 Å². The van der Waals surface area contributed by atoms with E-state index in [-0.39, 0.29) is 23.8 Å². The van der Waals surface area contributed by atoms with Crippen molar-refractivity contribution in [3.8, 4) is 0 Å². The molecule has 2 rings (SSSR count). The molecule has 1 aliphatic carbocycles. The quantitative estimate of drug-likeness (QED) is 0.877. The first-order chi connectivity index (χ1) is 10.5. The first-order valence-corrected chi connectivity index (χ1v) is 8.10. The third-order valence-electron chi connectivity index (χ3n) is 4.73. The van der Waals surface area contributed by atoms with Crippen molar-refractivity contribution in [3.05, 3.63) is 35.9 Å². The molecule has 0 heterocycles. The van der Waals surface area contributed by atoms with Crippen LogP contribution in [0.25, 0.3) is 0 Å². The van der Waals surface area contributed by atoms with Crippen molar-refractivity contribution in [3.63, 3.8) is 0 Å². The van der Waals surface area contributed by atoms with Crippen molar-refractivity contribution in [1.29, 1.82) is 0 Å². The summed E-state index contributed by atoms with van der Waals surface area (Å²) in [5.41, 5.74) is 1.11. The van der Waals surface area contributed by atoms with Gasteiger partial charge in [-0.15, -0.1) is 0 Å². The molecule has 1 N–H and O–H groups in total. The number of benzene rings is 1. The second-order valence-corrected chi connectivity index (χ2v) is 6.25. The minimum absolute atomic E-state index is 0.113. The van der Waals surface area contributed by atoms with E-state index in [2.05, 4.69) is 13.8 Å². The Kier molecular flexibility index (Phi) is 5.58. The number of nitrogens with zero attached hydrogens (tertiary/aromatic N) is 1. The van der Waals surface area contributed by atoms with E-state index in [0.29, 0.717) is 25.8 Å². The molecule has 0 saturated heterocycles. The van der Waals surface area contributed by atoms with E-state index in [9.17, 15) is 9.59 Å². The summed E-state index contributed by atoms with van der Waals surface area (Å²) in [6, 6.07) is 10.1. The maximum Gasteiger partial charge on any atom is 0.306 e. The zero-order valence-corrected chi connectivity index (χ0v) is 13.4. The number of hydrogen-bond acceptors (Lipinski definition) is 2. The summed E-state index contributed by atoms with van der Waals surface area (Å²) >= 11 is 0. The summed E-state index contributed by atoms with van der Waals surface area (Å²) in [6.45, 7) is 4.73. The van der Waals surface area contributed by atoms with Crippen LogP contribution in [0.2, 0.25) is 0 Å². The largest absolute Gasteiger partial charge is 0.481 e. The Morgan fingerprint density at radius 3 is 2.41 bits per heavy atom. The molecule has 4 nitrogen and oxygen atoms in total. The van der Waals surface area contributed by atoms with Crippen LogP contribution in [0.5, 0.6) is 0 Å². The maximum atomic E-state index is 12.9. The van der Waals surface area contributed by atoms with Gasteiger partial charge in [-0.25, -0.2) is 0 Å². The fourth-order valence-electron chi connectivity index (χ4n) is 3.12. The molecular weight excluding hydrogens is 278 g/mol. The predicted molar refractivity (Wildman–Crippen MR) is 85.2 cm³/mol. The summed E-state index contributed by atoms with van der Waals surface area (Å²) in [4.78, 5) is 25.9. The molecule has 1 unspecified atom stereocenters. The first-order valence-electron chi connectivity index (χ1n) is 8.10. The molecule has 0 aliphatic heterocycles. The van der Waals surface area contributed by atoms with Gasteiger partial charge < -0.3 is 10.0 Å². The third kappa shape index (κ3) is 3.87. The van der Waals surface area contributed by atoms with Crippen LogP contribution < -0.4 is 0 Å². The minimum atomic E-state index is -0.770. The number of carboxylic acids is 1. The van der Waals surface area contributed by atoms with Gasteiger partial charge in [0.15, 0.2) is 0 Å². The van der Waals surface area contributed by atoms with E-state index in [1.54, 1.807) is 0 Å².